The van der Waals surface area contributed by atoms with Crippen molar-refractivity contribution in [3.63, 3.8) is 0 Å². The number of rotatable bonds is 4. The van der Waals surface area contributed by atoms with Gasteiger partial charge in [-0.25, -0.2) is 0 Å². The van der Waals surface area contributed by atoms with E-state index < -0.39 is 6.10 Å². The van der Waals surface area contributed by atoms with Gasteiger partial charge in [-0.05, 0) is 30.5 Å². The summed E-state index contributed by atoms with van der Waals surface area (Å²) in [7, 11) is 0. The number of ether oxygens (including phenoxy) is 1. The summed E-state index contributed by atoms with van der Waals surface area (Å²) in [5.74, 6) is 0.430. The van der Waals surface area contributed by atoms with Crippen LogP contribution in [0.1, 0.15) is 26.3 Å². The highest BCUT2D eigenvalue weighted by Crippen LogP contribution is 2.36. The van der Waals surface area contributed by atoms with E-state index in [0.29, 0.717) is 18.0 Å². The fourth-order valence-electron chi connectivity index (χ4n) is 2.27. The lowest BCUT2D eigenvalue weighted by molar-refractivity contribution is -0.129. The summed E-state index contributed by atoms with van der Waals surface area (Å²) < 4.78 is 5.80. The van der Waals surface area contributed by atoms with Gasteiger partial charge in [-0.1, -0.05) is 19.9 Å². The molecular weight excluding hydrogens is 256 g/mol. The van der Waals surface area contributed by atoms with Gasteiger partial charge in [-0.3, -0.25) is 14.5 Å². The minimum absolute atomic E-state index is 0.0339. The van der Waals surface area contributed by atoms with Crippen molar-refractivity contribution in [1.29, 1.82) is 0 Å². The van der Waals surface area contributed by atoms with Gasteiger partial charge in [-0.2, -0.15) is 0 Å². The molecule has 1 amide bonds. The molecule has 0 aliphatic carbocycles. The van der Waals surface area contributed by atoms with Gasteiger partial charge in [0.25, 0.3) is 5.91 Å². The number of fused-ring (bicyclic) bond motifs is 1. The lowest BCUT2D eigenvalue weighted by Crippen LogP contribution is -2.49. The number of ketones is 1. The van der Waals surface area contributed by atoms with Crippen LogP contribution < -0.4 is 15.4 Å². The fraction of sp³-hybridized carbons (Fsp3) is 0.467. The molecule has 1 aromatic carbocycles. The number of amides is 1. The maximum absolute atomic E-state index is 12.4. The maximum atomic E-state index is 12.4. The smallest absolute Gasteiger partial charge is 0.268 e. The first-order valence-electron chi connectivity index (χ1n) is 6.74. The summed E-state index contributed by atoms with van der Waals surface area (Å²) in [6.07, 6.45) is -0.560. The molecule has 0 saturated heterocycles. The number of carbonyl (C=O) groups excluding carboxylic acids is 2. The normalized spacial score (nSPS) is 17.9. The van der Waals surface area contributed by atoms with E-state index in [4.69, 9.17) is 10.5 Å². The molecule has 1 aliphatic rings. The molecule has 5 nitrogen and oxygen atoms in total. The molecule has 108 valence electrons. The average molecular weight is 276 g/mol. The first-order valence-corrected chi connectivity index (χ1v) is 6.74. The predicted molar refractivity (Wildman–Crippen MR) is 76.6 cm³/mol. The predicted octanol–water partition coefficient (Wildman–Crippen LogP) is 1.48. The quantitative estimate of drug-likeness (QED) is 0.904. The minimum Gasteiger partial charge on any atom is -0.478 e. The van der Waals surface area contributed by atoms with Crippen LogP contribution >= 0.6 is 0 Å². The first-order chi connectivity index (χ1) is 9.43. The molecule has 1 aliphatic heterocycles. The Labute approximate surface area is 118 Å². The monoisotopic (exact) mass is 276 g/mol. The molecule has 0 aromatic heterocycles. The van der Waals surface area contributed by atoms with Crippen molar-refractivity contribution < 1.29 is 14.3 Å². The standard InChI is InChI=1S/C15H20N2O3/c1-9(2)14-15(19)17(8-10(3)18)12-5-4-11(7-16)6-13(12)20-14/h4-6,9,14H,7-8,16H2,1-3H3. The molecule has 0 spiro atoms. The number of nitrogens with zero attached hydrogens (tertiary/aromatic N) is 1. The lowest BCUT2D eigenvalue weighted by atomic mass is 10.0. The van der Waals surface area contributed by atoms with Crippen LogP contribution in [-0.4, -0.2) is 24.3 Å². The van der Waals surface area contributed by atoms with Crippen molar-refractivity contribution in [2.45, 2.75) is 33.4 Å². The summed E-state index contributed by atoms with van der Waals surface area (Å²) in [6, 6.07) is 5.47. The Hall–Kier alpha value is -1.88. The van der Waals surface area contributed by atoms with Crippen LogP contribution in [0.5, 0.6) is 5.75 Å². The molecular formula is C15H20N2O3. The summed E-state index contributed by atoms with van der Waals surface area (Å²) in [5.41, 5.74) is 7.20. The van der Waals surface area contributed by atoms with E-state index in [-0.39, 0.29) is 24.2 Å². The molecule has 2 rings (SSSR count). The first kappa shape index (κ1) is 14.5. The highest BCUT2D eigenvalue weighted by atomic mass is 16.5. The SMILES string of the molecule is CC(=O)CN1C(=O)C(C(C)C)Oc2cc(CN)ccc21. The van der Waals surface area contributed by atoms with Crippen LogP contribution in [0, 0.1) is 5.92 Å². The van der Waals surface area contributed by atoms with E-state index in [9.17, 15) is 9.59 Å². The third kappa shape index (κ3) is 2.67. The molecule has 2 N–H and O–H groups in total. The van der Waals surface area contributed by atoms with Crippen LogP contribution in [0.2, 0.25) is 0 Å². The molecule has 20 heavy (non-hydrogen) atoms. The zero-order valence-corrected chi connectivity index (χ0v) is 12.1. The van der Waals surface area contributed by atoms with Gasteiger partial charge < -0.3 is 10.5 Å². The van der Waals surface area contributed by atoms with Gasteiger partial charge in [0.15, 0.2) is 6.10 Å². The molecule has 0 radical (unpaired) electrons. The third-order valence-electron chi connectivity index (χ3n) is 3.30. The number of carbonyl (C=O) groups is 2. The van der Waals surface area contributed by atoms with Crippen molar-refractivity contribution in [1.82, 2.24) is 0 Å². The van der Waals surface area contributed by atoms with Crippen molar-refractivity contribution in [2.24, 2.45) is 11.7 Å². The molecule has 1 aromatic rings. The molecule has 1 heterocycles. The second-order valence-corrected chi connectivity index (χ2v) is 5.42. The Morgan fingerprint density at radius 1 is 1.45 bits per heavy atom. The van der Waals surface area contributed by atoms with Crippen LogP contribution in [-0.2, 0) is 16.1 Å². The molecule has 5 heteroatoms. The maximum Gasteiger partial charge on any atom is 0.268 e. The highest BCUT2D eigenvalue weighted by Gasteiger charge is 2.36. The van der Waals surface area contributed by atoms with Crippen LogP contribution in [0.4, 0.5) is 5.69 Å². The summed E-state index contributed by atoms with van der Waals surface area (Å²) in [4.78, 5) is 25.4. The number of Topliss-reactive ketones (excluding diaryl/α,β-unsaturated/α-hetero) is 1. The van der Waals surface area contributed by atoms with Gasteiger partial charge in [0.1, 0.15) is 11.5 Å². The largest absolute Gasteiger partial charge is 0.478 e. The number of hydrogen-bond donors (Lipinski definition) is 1. The Morgan fingerprint density at radius 3 is 2.70 bits per heavy atom. The fourth-order valence-corrected chi connectivity index (χ4v) is 2.27. The van der Waals surface area contributed by atoms with Gasteiger partial charge in [-0.15, -0.1) is 0 Å². The van der Waals surface area contributed by atoms with Crippen molar-refractivity contribution in [3.05, 3.63) is 23.8 Å². The zero-order valence-electron chi connectivity index (χ0n) is 12.1. The zero-order chi connectivity index (χ0) is 14.9. The summed E-state index contributed by atoms with van der Waals surface area (Å²) in [6.45, 7) is 5.80. The number of hydrogen-bond acceptors (Lipinski definition) is 4. The van der Waals surface area contributed by atoms with Crippen LogP contribution in [0.15, 0.2) is 18.2 Å². The van der Waals surface area contributed by atoms with Crippen LogP contribution in [0.25, 0.3) is 0 Å². The Kier molecular flexibility index (Phi) is 4.09. The Morgan fingerprint density at radius 2 is 2.15 bits per heavy atom. The summed E-state index contributed by atoms with van der Waals surface area (Å²) in [5, 5.41) is 0. The van der Waals surface area contributed by atoms with Crippen molar-refractivity contribution in [2.75, 3.05) is 11.4 Å². The highest BCUT2D eigenvalue weighted by molar-refractivity contribution is 6.04. The minimum atomic E-state index is -0.560. The van der Waals surface area contributed by atoms with E-state index in [1.807, 2.05) is 26.0 Å². The van der Waals surface area contributed by atoms with Crippen molar-refractivity contribution in [3.8, 4) is 5.75 Å². The topological polar surface area (TPSA) is 72.6 Å². The number of anilines is 1. The molecule has 0 saturated carbocycles. The van der Waals surface area contributed by atoms with E-state index in [2.05, 4.69) is 0 Å². The van der Waals surface area contributed by atoms with Crippen molar-refractivity contribution >= 4 is 17.4 Å². The molecule has 1 atom stereocenters. The van der Waals surface area contributed by atoms with Gasteiger partial charge in [0.2, 0.25) is 0 Å². The van der Waals surface area contributed by atoms with E-state index in [1.54, 1.807) is 6.07 Å². The van der Waals surface area contributed by atoms with Gasteiger partial charge >= 0.3 is 0 Å². The number of benzene rings is 1. The van der Waals surface area contributed by atoms with Gasteiger partial charge in [0, 0.05) is 6.54 Å². The molecule has 1 unspecified atom stereocenters. The van der Waals surface area contributed by atoms with Gasteiger partial charge in [0.05, 0.1) is 12.2 Å². The summed E-state index contributed by atoms with van der Waals surface area (Å²) >= 11 is 0. The number of nitrogens with two attached hydrogens (primary N) is 1. The average Bonchev–Trinajstić information content (AvgIpc) is 2.40. The second kappa shape index (κ2) is 5.63. The third-order valence-corrected chi connectivity index (χ3v) is 3.30. The Bertz CT molecular complexity index is 540. The van der Waals surface area contributed by atoms with Crippen LogP contribution in [0.3, 0.4) is 0 Å². The molecule has 0 fully saturated rings. The lowest BCUT2D eigenvalue weighted by Gasteiger charge is -2.35. The molecule has 0 bridgehead atoms. The van der Waals surface area contributed by atoms with E-state index in [1.165, 1.54) is 11.8 Å². The van der Waals surface area contributed by atoms with E-state index in [0.717, 1.165) is 5.56 Å². The van der Waals surface area contributed by atoms with E-state index >= 15 is 0 Å². The Balaban J connectivity index is 2.46. The second-order valence-electron chi connectivity index (χ2n) is 5.42.